The quantitative estimate of drug-likeness (QED) is 0.182. The third-order valence-electron chi connectivity index (χ3n) is 5.58. The molecule has 1 atom stereocenters. The van der Waals surface area contributed by atoms with E-state index < -0.39 is 11.8 Å². The average molecular weight is 537 g/mol. The molecule has 0 aliphatic heterocycles. The Morgan fingerprint density at radius 3 is 2.31 bits per heavy atom. The molecular weight excluding hydrogens is 508 g/mol. The number of carbonyl (C=O) groups excluding carboxylic acids is 3. The van der Waals surface area contributed by atoms with E-state index in [-0.39, 0.29) is 16.9 Å². The molecule has 7 nitrogen and oxygen atoms in total. The Labute approximate surface area is 231 Å². The Balaban J connectivity index is 1.46. The summed E-state index contributed by atoms with van der Waals surface area (Å²) in [4.78, 5) is 43.7. The zero-order valence-corrected chi connectivity index (χ0v) is 22.4. The van der Waals surface area contributed by atoms with Gasteiger partial charge in [-0.1, -0.05) is 42.5 Å². The van der Waals surface area contributed by atoms with Gasteiger partial charge in [-0.15, -0.1) is 11.8 Å². The van der Waals surface area contributed by atoms with Crippen LogP contribution in [-0.2, 0) is 9.59 Å². The van der Waals surface area contributed by atoms with Crippen LogP contribution in [0.4, 0.5) is 11.4 Å². The number of pyridine rings is 1. The fraction of sp³-hybridized carbons (Fsp3) is 0.0968. The first-order chi connectivity index (χ1) is 18.9. The molecule has 196 valence electrons. The first kappa shape index (κ1) is 27.3. The molecule has 0 aliphatic rings. The van der Waals surface area contributed by atoms with Crippen molar-refractivity contribution in [2.24, 2.45) is 0 Å². The zero-order chi connectivity index (χ0) is 27.6. The molecule has 0 spiro atoms. The number of aromatic nitrogens is 1. The van der Waals surface area contributed by atoms with Crippen molar-refractivity contribution >= 4 is 46.9 Å². The molecule has 0 saturated carbocycles. The van der Waals surface area contributed by atoms with Crippen LogP contribution >= 0.6 is 11.8 Å². The summed E-state index contributed by atoms with van der Waals surface area (Å²) >= 11 is 1.38. The van der Waals surface area contributed by atoms with Gasteiger partial charge in [0.1, 0.15) is 5.70 Å². The number of amides is 3. The van der Waals surface area contributed by atoms with Gasteiger partial charge in [-0.3, -0.25) is 19.4 Å². The van der Waals surface area contributed by atoms with Crippen LogP contribution in [0, 0.1) is 6.92 Å². The highest BCUT2D eigenvalue weighted by atomic mass is 32.2. The lowest BCUT2D eigenvalue weighted by Gasteiger charge is -2.14. The number of aryl methyl sites for hydroxylation is 1. The van der Waals surface area contributed by atoms with Crippen molar-refractivity contribution < 1.29 is 14.4 Å². The maximum Gasteiger partial charge on any atom is 0.272 e. The van der Waals surface area contributed by atoms with Crippen LogP contribution in [0.2, 0.25) is 0 Å². The van der Waals surface area contributed by atoms with Crippen LogP contribution in [-0.4, -0.2) is 28.0 Å². The predicted molar refractivity (Wildman–Crippen MR) is 156 cm³/mol. The zero-order valence-electron chi connectivity index (χ0n) is 21.5. The van der Waals surface area contributed by atoms with Crippen molar-refractivity contribution in [1.29, 1.82) is 0 Å². The molecule has 3 N–H and O–H groups in total. The summed E-state index contributed by atoms with van der Waals surface area (Å²) in [6, 6.07) is 27.1. The molecular formula is C31H28N4O3S. The molecule has 1 heterocycles. The second-order valence-electron chi connectivity index (χ2n) is 8.77. The summed E-state index contributed by atoms with van der Waals surface area (Å²) in [5.41, 5.74) is 3.50. The highest BCUT2D eigenvalue weighted by molar-refractivity contribution is 8.00. The Bertz CT molecular complexity index is 1490. The fourth-order valence-electron chi connectivity index (χ4n) is 3.64. The van der Waals surface area contributed by atoms with Crippen molar-refractivity contribution in [1.82, 2.24) is 10.3 Å². The topological polar surface area (TPSA) is 100 Å². The van der Waals surface area contributed by atoms with Crippen molar-refractivity contribution in [2.45, 2.75) is 24.0 Å². The number of thioether (sulfide) groups is 1. The Kier molecular flexibility index (Phi) is 9.26. The molecule has 8 heteroatoms. The minimum absolute atomic E-state index is 0.0702. The normalized spacial score (nSPS) is 11.8. The highest BCUT2D eigenvalue weighted by Gasteiger charge is 2.17. The number of nitrogens with one attached hydrogen (secondary N) is 3. The van der Waals surface area contributed by atoms with Crippen LogP contribution in [0.3, 0.4) is 0 Å². The second kappa shape index (κ2) is 13.2. The largest absolute Gasteiger partial charge is 0.325 e. The van der Waals surface area contributed by atoms with Gasteiger partial charge in [-0.05, 0) is 79.6 Å². The second-order valence-corrected chi connectivity index (χ2v) is 10.2. The Morgan fingerprint density at radius 1 is 0.846 bits per heavy atom. The molecule has 4 rings (SSSR count). The van der Waals surface area contributed by atoms with Gasteiger partial charge in [0.05, 0.1) is 5.25 Å². The van der Waals surface area contributed by atoms with Gasteiger partial charge in [0, 0.05) is 34.2 Å². The molecule has 0 aliphatic carbocycles. The van der Waals surface area contributed by atoms with E-state index in [1.165, 1.54) is 11.8 Å². The molecule has 0 radical (unpaired) electrons. The molecule has 1 aromatic heterocycles. The van der Waals surface area contributed by atoms with E-state index in [0.29, 0.717) is 16.8 Å². The molecule has 0 bridgehead atoms. The minimum atomic E-state index is -0.490. The Morgan fingerprint density at radius 2 is 1.59 bits per heavy atom. The number of hydrogen-bond donors (Lipinski definition) is 3. The van der Waals surface area contributed by atoms with Crippen LogP contribution in [0.1, 0.15) is 28.4 Å². The first-order valence-corrected chi connectivity index (χ1v) is 13.2. The van der Waals surface area contributed by atoms with Gasteiger partial charge >= 0.3 is 0 Å². The lowest BCUT2D eigenvalue weighted by molar-refractivity contribution is -0.115. The maximum absolute atomic E-state index is 13.3. The molecule has 3 aromatic carbocycles. The third-order valence-corrected chi connectivity index (χ3v) is 6.68. The summed E-state index contributed by atoms with van der Waals surface area (Å²) in [6.45, 7) is 3.80. The summed E-state index contributed by atoms with van der Waals surface area (Å²) in [6.07, 6.45) is 4.80. The number of anilines is 2. The van der Waals surface area contributed by atoms with E-state index in [0.717, 1.165) is 16.1 Å². The van der Waals surface area contributed by atoms with Gasteiger partial charge in [0.25, 0.3) is 11.8 Å². The fourth-order valence-corrected chi connectivity index (χ4v) is 4.57. The third kappa shape index (κ3) is 8.15. The van der Waals surface area contributed by atoms with Crippen molar-refractivity contribution in [3.8, 4) is 0 Å². The number of hydrogen-bond acceptors (Lipinski definition) is 5. The van der Waals surface area contributed by atoms with E-state index in [1.54, 1.807) is 73.1 Å². The van der Waals surface area contributed by atoms with Gasteiger partial charge < -0.3 is 16.0 Å². The van der Waals surface area contributed by atoms with Gasteiger partial charge in [0.15, 0.2) is 0 Å². The number of nitrogens with zero attached hydrogens (tertiary/aromatic N) is 1. The number of carbonyl (C=O) groups is 3. The molecule has 39 heavy (non-hydrogen) atoms. The average Bonchev–Trinajstić information content (AvgIpc) is 2.94. The lowest BCUT2D eigenvalue weighted by Crippen LogP contribution is -2.30. The summed E-state index contributed by atoms with van der Waals surface area (Å²) in [5, 5.41) is 8.13. The first-order valence-electron chi connectivity index (χ1n) is 12.3. The van der Waals surface area contributed by atoms with Crippen LogP contribution in [0.15, 0.2) is 114 Å². The van der Waals surface area contributed by atoms with Crippen LogP contribution < -0.4 is 16.0 Å². The molecule has 4 aromatic rings. The molecule has 1 unspecified atom stereocenters. The molecule has 0 fully saturated rings. The summed E-state index contributed by atoms with van der Waals surface area (Å²) < 4.78 is 0. The van der Waals surface area contributed by atoms with E-state index in [4.69, 9.17) is 0 Å². The smallest absolute Gasteiger partial charge is 0.272 e. The molecule has 3 amide bonds. The number of benzene rings is 3. The van der Waals surface area contributed by atoms with Gasteiger partial charge in [0.2, 0.25) is 5.91 Å². The lowest BCUT2D eigenvalue weighted by atomic mass is 10.2. The molecule has 0 saturated heterocycles. The minimum Gasteiger partial charge on any atom is -0.325 e. The number of rotatable bonds is 9. The van der Waals surface area contributed by atoms with Crippen LogP contribution in [0.25, 0.3) is 6.08 Å². The van der Waals surface area contributed by atoms with E-state index in [1.807, 2.05) is 50.2 Å². The van der Waals surface area contributed by atoms with Crippen molar-refractivity contribution in [3.63, 3.8) is 0 Å². The Hall–Kier alpha value is -4.69. The van der Waals surface area contributed by atoms with Gasteiger partial charge in [-0.25, -0.2) is 0 Å². The van der Waals surface area contributed by atoms with Crippen LogP contribution in [0.5, 0.6) is 0 Å². The summed E-state index contributed by atoms with van der Waals surface area (Å²) in [5.74, 6) is -1.01. The van der Waals surface area contributed by atoms with Crippen molar-refractivity contribution in [2.75, 3.05) is 10.6 Å². The SMILES string of the molecule is Cc1cccc(NC(=O)C(C)Sc2cccc(NC(=O)/C(=C/c3cccnc3)NC(=O)c3ccccc3)c2)c1. The van der Waals surface area contributed by atoms with E-state index in [9.17, 15) is 14.4 Å². The predicted octanol–water partition coefficient (Wildman–Crippen LogP) is 5.92. The van der Waals surface area contributed by atoms with Crippen molar-refractivity contribution in [3.05, 3.63) is 126 Å². The summed E-state index contributed by atoms with van der Waals surface area (Å²) in [7, 11) is 0. The van der Waals surface area contributed by atoms with E-state index >= 15 is 0 Å². The highest BCUT2D eigenvalue weighted by Crippen LogP contribution is 2.27. The standard InChI is InChI=1S/C31H28N4O3S/c1-21-9-6-13-25(17-21)33-29(36)22(2)39-27-15-7-14-26(19-27)34-31(38)28(18-23-10-8-16-32-20-23)35-30(37)24-11-4-3-5-12-24/h3-20,22H,1-2H3,(H,33,36)(H,34,38)(H,35,37)/b28-18-. The van der Waals surface area contributed by atoms with E-state index in [2.05, 4.69) is 20.9 Å². The maximum atomic E-state index is 13.3. The monoisotopic (exact) mass is 536 g/mol. The van der Waals surface area contributed by atoms with Gasteiger partial charge in [-0.2, -0.15) is 0 Å².